The molecule has 0 aromatic carbocycles. The largest absolute Gasteiger partial charge is 0.466 e. The highest BCUT2D eigenvalue weighted by Gasteiger charge is 2.12. The number of aliphatic imine (C=N–C) groups is 1. The van der Waals surface area contributed by atoms with E-state index in [-0.39, 0.29) is 29.9 Å². The van der Waals surface area contributed by atoms with Crippen LogP contribution in [0, 0.1) is 0 Å². The van der Waals surface area contributed by atoms with Crippen molar-refractivity contribution in [3.05, 3.63) is 0 Å². The molecule has 0 heterocycles. The van der Waals surface area contributed by atoms with Crippen LogP contribution in [0.2, 0.25) is 0 Å². The van der Waals surface area contributed by atoms with Crippen molar-refractivity contribution in [2.75, 3.05) is 13.2 Å². The van der Waals surface area contributed by atoms with Gasteiger partial charge < -0.3 is 15.8 Å². The lowest BCUT2D eigenvalue weighted by atomic mass is 9.96. The van der Waals surface area contributed by atoms with Gasteiger partial charge in [-0.15, -0.1) is 24.0 Å². The maximum Gasteiger partial charge on any atom is 0.305 e. The van der Waals surface area contributed by atoms with Gasteiger partial charge in [0, 0.05) is 19.0 Å². The maximum atomic E-state index is 11.1. The van der Waals surface area contributed by atoms with Crippen molar-refractivity contribution in [1.29, 1.82) is 0 Å². The van der Waals surface area contributed by atoms with E-state index < -0.39 is 0 Å². The van der Waals surface area contributed by atoms with Crippen molar-refractivity contribution in [3.63, 3.8) is 0 Å². The van der Waals surface area contributed by atoms with Crippen LogP contribution in [0.15, 0.2) is 4.99 Å². The van der Waals surface area contributed by atoms with Crippen molar-refractivity contribution < 1.29 is 9.53 Å². The van der Waals surface area contributed by atoms with Crippen LogP contribution in [0.4, 0.5) is 0 Å². The Morgan fingerprint density at radius 2 is 1.86 bits per heavy atom. The molecule has 1 rings (SSSR count). The molecule has 0 spiro atoms. The van der Waals surface area contributed by atoms with Gasteiger partial charge in [0.05, 0.1) is 6.61 Å². The number of ether oxygens (including phenoxy) is 1. The minimum absolute atomic E-state index is 0. The first-order valence-electron chi connectivity index (χ1n) is 8.44. The zero-order valence-corrected chi connectivity index (χ0v) is 16.1. The summed E-state index contributed by atoms with van der Waals surface area (Å²) in [7, 11) is 0. The lowest BCUT2D eigenvalue weighted by Crippen LogP contribution is -2.41. The Morgan fingerprint density at radius 1 is 1.18 bits per heavy atom. The Labute approximate surface area is 151 Å². The average molecular weight is 425 g/mol. The normalized spacial score (nSPS) is 16.0. The summed E-state index contributed by atoms with van der Waals surface area (Å²) < 4.78 is 4.89. The van der Waals surface area contributed by atoms with Crippen molar-refractivity contribution in [2.24, 2.45) is 10.7 Å². The van der Waals surface area contributed by atoms with Gasteiger partial charge in [0.25, 0.3) is 0 Å². The van der Waals surface area contributed by atoms with Crippen molar-refractivity contribution in [2.45, 2.75) is 77.2 Å². The predicted molar refractivity (Wildman–Crippen MR) is 102 cm³/mol. The molecular weight excluding hydrogens is 393 g/mol. The summed E-state index contributed by atoms with van der Waals surface area (Å²) >= 11 is 0. The van der Waals surface area contributed by atoms with Gasteiger partial charge in [0.15, 0.2) is 5.96 Å². The zero-order chi connectivity index (χ0) is 15.3. The zero-order valence-electron chi connectivity index (χ0n) is 13.8. The average Bonchev–Trinajstić information content (AvgIpc) is 2.47. The number of nitrogens with zero attached hydrogens (tertiary/aromatic N) is 1. The first-order valence-corrected chi connectivity index (χ1v) is 8.44. The highest BCUT2D eigenvalue weighted by atomic mass is 127. The molecule has 3 N–H and O–H groups in total. The first kappa shape index (κ1) is 21.5. The number of guanidine groups is 1. The van der Waals surface area contributed by atoms with Crippen LogP contribution in [0.1, 0.15) is 71.1 Å². The van der Waals surface area contributed by atoms with E-state index >= 15 is 0 Å². The molecule has 0 bridgehead atoms. The van der Waals surface area contributed by atoms with Gasteiger partial charge in [0.1, 0.15) is 0 Å². The molecular formula is C16H32IN3O2. The number of nitrogens with one attached hydrogen (secondary N) is 1. The van der Waals surface area contributed by atoms with E-state index in [1.54, 1.807) is 0 Å². The number of carbonyl (C=O) groups excluding carboxylic acids is 1. The van der Waals surface area contributed by atoms with Gasteiger partial charge in [-0.2, -0.15) is 0 Å². The third kappa shape index (κ3) is 11.1. The summed E-state index contributed by atoms with van der Waals surface area (Å²) in [4.78, 5) is 15.5. The summed E-state index contributed by atoms with van der Waals surface area (Å²) in [5.41, 5.74) is 5.90. The Bertz CT molecular complexity index is 319. The number of nitrogens with two attached hydrogens (primary N) is 1. The molecule has 0 radical (unpaired) electrons. The predicted octanol–water partition coefficient (Wildman–Crippen LogP) is 3.36. The fourth-order valence-corrected chi connectivity index (χ4v) is 2.67. The minimum atomic E-state index is -0.0866. The lowest BCUT2D eigenvalue weighted by Gasteiger charge is -2.23. The Kier molecular flexibility index (Phi) is 13.7. The summed E-state index contributed by atoms with van der Waals surface area (Å²) in [6.07, 6.45) is 11.0. The van der Waals surface area contributed by atoms with Crippen LogP contribution >= 0.6 is 24.0 Å². The first-order chi connectivity index (χ1) is 10.2. The molecule has 0 aromatic rings. The van der Waals surface area contributed by atoms with Crippen molar-refractivity contribution >= 4 is 35.9 Å². The van der Waals surface area contributed by atoms with Gasteiger partial charge in [-0.3, -0.25) is 9.79 Å². The number of rotatable bonds is 9. The van der Waals surface area contributed by atoms with E-state index in [1.807, 2.05) is 6.92 Å². The molecule has 1 aliphatic carbocycles. The van der Waals surface area contributed by atoms with Crippen molar-refractivity contribution in [3.8, 4) is 0 Å². The van der Waals surface area contributed by atoms with Gasteiger partial charge in [-0.1, -0.05) is 32.1 Å². The molecule has 1 aliphatic rings. The summed E-state index contributed by atoms with van der Waals surface area (Å²) in [6.45, 7) is 3.08. The SMILES string of the molecule is CCOC(=O)CCCCCCN=C(N)NC1CCCCC1.I. The van der Waals surface area contributed by atoms with Crippen LogP contribution in [-0.4, -0.2) is 31.1 Å². The van der Waals surface area contributed by atoms with Crippen molar-refractivity contribution in [1.82, 2.24) is 5.32 Å². The highest BCUT2D eigenvalue weighted by molar-refractivity contribution is 14.0. The second-order valence-corrected chi connectivity index (χ2v) is 5.72. The lowest BCUT2D eigenvalue weighted by molar-refractivity contribution is -0.143. The van der Waals surface area contributed by atoms with Gasteiger partial charge >= 0.3 is 5.97 Å². The van der Waals surface area contributed by atoms with Gasteiger partial charge in [0.2, 0.25) is 0 Å². The van der Waals surface area contributed by atoms with Gasteiger partial charge in [-0.25, -0.2) is 0 Å². The summed E-state index contributed by atoms with van der Waals surface area (Å²) in [5, 5.41) is 3.32. The van der Waals surface area contributed by atoms with E-state index in [1.165, 1.54) is 32.1 Å². The number of halogens is 1. The molecule has 5 nitrogen and oxygen atoms in total. The smallest absolute Gasteiger partial charge is 0.305 e. The molecule has 6 heteroatoms. The third-order valence-corrected chi connectivity index (χ3v) is 3.83. The number of hydrogen-bond acceptors (Lipinski definition) is 3. The number of carbonyl (C=O) groups is 1. The highest BCUT2D eigenvalue weighted by Crippen LogP contribution is 2.17. The Hall–Kier alpha value is -0.530. The molecule has 0 unspecified atom stereocenters. The topological polar surface area (TPSA) is 76.7 Å². The second kappa shape index (κ2) is 14.1. The second-order valence-electron chi connectivity index (χ2n) is 5.72. The molecule has 0 saturated heterocycles. The van der Waals surface area contributed by atoms with Crippen LogP contribution in [-0.2, 0) is 9.53 Å². The molecule has 0 amide bonds. The fourth-order valence-electron chi connectivity index (χ4n) is 2.67. The van der Waals surface area contributed by atoms with Gasteiger partial charge in [-0.05, 0) is 32.6 Å². The summed E-state index contributed by atoms with van der Waals surface area (Å²) in [6, 6.07) is 0.520. The standard InChI is InChI=1S/C16H31N3O2.HI/c1-2-21-15(20)12-8-3-4-9-13-18-16(17)19-14-10-6-5-7-11-14;/h14H,2-13H2,1H3,(H3,17,18,19);1H. The quantitative estimate of drug-likeness (QED) is 0.195. The fraction of sp³-hybridized carbons (Fsp3) is 0.875. The molecule has 0 aromatic heterocycles. The molecule has 22 heavy (non-hydrogen) atoms. The van der Waals surface area contributed by atoms with Crippen LogP contribution in [0.5, 0.6) is 0 Å². The number of unbranched alkanes of at least 4 members (excludes halogenated alkanes) is 3. The molecule has 130 valence electrons. The third-order valence-electron chi connectivity index (χ3n) is 3.83. The monoisotopic (exact) mass is 425 g/mol. The van der Waals surface area contributed by atoms with E-state index in [0.29, 0.717) is 25.0 Å². The summed E-state index contributed by atoms with van der Waals surface area (Å²) in [5.74, 6) is 0.505. The van der Waals surface area contributed by atoms with E-state index in [9.17, 15) is 4.79 Å². The number of hydrogen-bond donors (Lipinski definition) is 2. The maximum absolute atomic E-state index is 11.1. The molecule has 1 saturated carbocycles. The molecule has 1 fully saturated rings. The van der Waals surface area contributed by atoms with Crippen LogP contribution in [0.3, 0.4) is 0 Å². The van der Waals surface area contributed by atoms with E-state index in [4.69, 9.17) is 10.5 Å². The molecule has 0 aliphatic heterocycles. The number of esters is 1. The van der Waals surface area contributed by atoms with Crippen LogP contribution in [0.25, 0.3) is 0 Å². The minimum Gasteiger partial charge on any atom is -0.466 e. The Balaban J connectivity index is 0.00000441. The Morgan fingerprint density at radius 3 is 2.55 bits per heavy atom. The molecule has 0 atom stereocenters. The van der Waals surface area contributed by atoms with E-state index in [2.05, 4.69) is 10.3 Å². The van der Waals surface area contributed by atoms with Crippen LogP contribution < -0.4 is 11.1 Å². The van der Waals surface area contributed by atoms with E-state index in [0.717, 1.165) is 32.2 Å².